The number of H-pyrrole nitrogens is 1. The molecule has 0 atom stereocenters. The molecule has 0 unspecified atom stereocenters. The molecule has 0 aromatic carbocycles. The molecule has 2 heterocycles. The Balaban J connectivity index is 2.33. The Kier molecular flexibility index (Phi) is 1.85. The summed E-state index contributed by atoms with van der Waals surface area (Å²) in [6.45, 7) is 0. The highest BCUT2D eigenvalue weighted by molar-refractivity contribution is 5.54. The predicted octanol–water partition coefficient (Wildman–Crippen LogP) is -0.453. The standard InChI is InChI=1S/C6H7N7/c7-9-5-2-1-4(3-8-5)6-10-12-13-11-6/h1-3H,7H2,(H,8,9)(H,10,11,12,13). The van der Waals surface area contributed by atoms with Crippen LogP contribution < -0.4 is 11.3 Å². The lowest BCUT2D eigenvalue weighted by Gasteiger charge is -1.97. The van der Waals surface area contributed by atoms with E-state index in [-0.39, 0.29) is 0 Å². The van der Waals surface area contributed by atoms with Crippen LogP contribution in [0.5, 0.6) is 0 Å². The number of anilines is 1. The molecule has 0 amide bonds. The number of aromatic amines is 1. The van der Waals surface area contributed by atoms with E-state index in [4.69, 9.17) is 5.84 Å². The van der Waals surface area contributed by atoms with E-state index in [0.717, 1.165) is 5.56 Å². The van der Waals surface area contributed by atoms with Crippen molar-refractivity contribution in [2.75, 3.05) is 5.43 Å². The number of rotatable bonds is 2. The van der Waals surface area contributed by atoms with Gasteiger partial charge in [-0.15, -0.1) is 10.2 Å². The minimum absolute atomic E-state index is 0.510. The normalized spacial score (nSPS) is 9.92. The molecule has 0 aliphatic rings. The summed E-state index contributed by atoms with van der Waals surface area (Å²) < 4.78 is 0. The van der Waals surface area contributed by atoms with E-state index in [1.807, 2.05) is 0 Å². The van der Waals surface area contributed by atoms with Gasteiger partial charge in [0, 0.05) is 11.8 Å². The summed E-state index contributed by atoms with van der Waals surface area (Å²) in [7, 11) is 0. The first-order valence-corrected chi connectivity index (χ1v) is 3.56. The van der Waals surface area contributed by atoms with Crippen LogP contribution in [-0.4, -0.2) is 25.6 Å². The zero-order valence-electron chi connectivity index (χ0n) is 6.60. The van der Waals surface area contributed by atoms with Crippen LogP contribution in [0.4, 0.5) is 5.82 Å². The SMILES string of the molecule is NNc1ccc(-c2nn[nH]n2)cn1. The average Bonchev–Trinajstić information content (AvgIpc) is 2.71. The van der Waals surface area contributed by atoms with Gasteiger partial charge >= 0.3 is 0 Å². The van der Waals surface area contributed by atoms with Crippen molar-refractivity contribution in [2.45, 2.75) is 0 Å². The highest BCUT2D eigenvalue weighted by atomic mass is 15.5. The van der Waals surface area contributed by atoms with Crippen molar-refractivity contribution in [3.8, 4) is 11.4 Å². The van der Waals surface area contributed by atoms with E-state index in [2.05, 4.69) is 31.0 Å². The third kappa shape index (κ3) is 1.44. The summed E-state index contributed by atoms with van der Waals surface area (Å²) in [5.74, 6) is 6.26. The first kappa shape index (κ1) is 7.62. The number of nitrogens with one attached hydrogen (secondary N) is 2. The van der Waals surface area contributed by atoms with E-state index >= 15 is 0 Å². The van der Waals surface area contributed by atoms with E-state index < -0.39 is 0 Å². The number of nitrogens with two attached hydrogens (primary N) is 1. The van der Waals surface area contributed by atoms with Crippen molar-refractivity contribution in [3.05, 3.63) is 18.3 Å². The molecule has 0 bridgehead atoms. The lowest BCUT2D eigenvalue weighted by Crippen LogP contribution is -2.07. The summed E-state index contributed by atoms with van der Waals surface area (Å²) in [5.41, 5.74) is 3.21. The smallest absolute Gasteiger partial charge is 0.206 e. The molecule has 0 spiro atoms. The van der Waals surface area contributed by atoms with Crippen LogP contribution >= 0.6 is 0 Å². The third-order valence-corrected chi connectivity index (χ3v) is 1.51. The zero-order chi connectivity index (χ0) is 9.10. The van der Waals surface area contributed by atoms with Gasteiger partial charge in [-0.1, -0.05) is 0 Å². The van der Waals surface area contributed by atoms with Crippen molar-refractivity contribution in [3.63, 3.8) is 0 Å². The Bertz CT molecular complexity index is 364. The summed E-state index contributed by atoms with van der Waals surface area (Å²) in [6, 6.07) is 3.53. The Morgan fingerprint density at radius 2 is 2.31 bits per heavy atom. The van der Waals surface area contributed by atoms with Gasteiger partial charge in [0.25, 0.3) is 0 Å². The van der Waals surface area contributed by atoms with Gasteiger partial charge in [0.1, 0.15) is 5.82 Å². The number of hydrazine groups is 1. The van der Waals surface area contributed by atoms with Crippen molar-refractivity contribution in [2.24, 2.45) is 5.84 Å². The van der Waals surface area contributed by atoms with Crippen LogP contribution in [-0.2, 0) is 0 Å². The minimum atomic E-state index is 0.510. The monoisotopic (exact) mass is 177 g/mol. The van der Waals surface area contributed by atoms with Gasteiger partial charge < -0.3 is 5.43 Å². The van der Waals surface area contributed by atoms with Crippen molar-refractivity contribution in [1.29, 1.82) is 0 Å². The molecule has 2 rings (SSSR count). The largest absolute Gasteiger partial charge is 0.308 e. The molecule has 0 radical (unpaired) electrons. The van der Waals surface area contributed by atoms with Gasteiger partial charge in [-0.3, -0.25) is 0 Å². The molecular weight excluding hydrogens is 170 g/mol. The Hall–Kier alpha value is -2.02. The molecule has 2 aromatic rings. The van der Waals surface area contributed by atoms with Gasteiger partial charge in [-0.2, -0.15) is 5.21 Å². The molecule has 66 valence electrons. The van der Waals surface area contributed by atoms with E-state index in [0.29, 0.717) is 11.6 Å². The molecule has 4 N–H and O–H groups in total. The Morgan fingerprint density at radius 3 is 2.85 bits per heavy atom. The fraction of sp³-hybridized carbons (Fsp3) is 0. The maximum absolute atomic E-state index is 5.16. The van der Waals surface area contributed by atoms with Gasteiger partial charge in [0.2, 0.25) is 5.82 Å². The van der Waals surface area contributed by atoms with E-state index in [1.165, 1.54) is 0 Å². The molecule has 0 aliphatic carbocycles. The van der Waals surface area contributed by atoms with Crippen LogP contribution in [0.25, 0.3) is 11.4 Å². The predicted molar refractivity (Wildman–Crippen MR) is 45.2 cm³/mol. The van der Waals surface area contributed by atoms with Gasteiger partial charge in [-0.25, -0.2) is 10.8 Å². The molecule has 2 aromatic heterocycles. The Morgan fingerprint density at radius 1 is 1.38 bits per heavy atom. The highest BCUT2D eigenvalue weighted by Gasteiger charge is 2.01. The summed E-state index contributed by atoms with van der Waals surface area (Å²) in [4.78, 5) is 4.00. The zero-order valence-corrected chi connectivity index (χ0v) is 6.60. The lowest BCUT2D eigenvalue weighted by atomic mass is 10.3. The van der Waals surface area contributed by atoms with Crippen LogP contribution in [0.2, 0.25) is 0 Å². The maximum Gasteiger partial charge on any atom is 0.206 e. The van der Waals surface area contributed by atoms with Crippen LogP contribution in [0, 0.1) is 0 Å². The van der Waals surface area contributed by atoms with Gasteiger partial charge in [-0.05, 0) is 17.3 Å². The maximum atomic E-state index is 5.16. The summed E-state index contributed by atoms with van der Waals surface area (Å²) >= 11 is 0. The second-order valence-corrected chi connectivity index (χ2v) is 2.31. The minimum Gasteiger partial charge on any atom is -0.308 e. The van der Waals surface area contributed by atoms with Crippen LogP contribution in [0.1, 0.15) is 0 Å². The van der Waals surface area contributed by atoms with Crippen LogP contribution in [0.15, 0.2) is 18.3 Å². The van der Waals surface area contributed by atoms with Crippen LogP contribution in [0.3, 0.4) is 0 Å². The number of hydrogen-bond acceptors (Lipinski definition) is 6. The average molecular weight is 177 g/mol. The second-order valence-electron chi connectivity index (χ2n) is 2.31. The molecule has 13 heavy (non-hydrogen) atoms. The third-order valence-electron chi connectivity index (χ3n) is 1.51. The summed E-state index contributed by atoms with van der Waals surface area (Å²) in [6.07, 6.45) is 1.61. The topological polar surface area (TPSA) is 105 Å². The first-order valence-electron chi connectivity index (χ1n) is 3.56. The fourth-order valence-electron chi connectivity index (χ4n) is 0.896. The van der Waals surface area contributed by atoms with E-state index in [9.17, 15) is 0 Å². The number of nitrogen functional groups attached to an aromatic ring is 1. The Labute approximate surface area is 73.3 Å². The number of hydrogen-bond donors (Lipinski definition) is 3. The lowest BCUT2D eigenvalue weighted by molar-refractivity contribution is 0.881. The molecule has 0 saturated carbocycles. The molecule has 7 nitrogen and oxygen atoms in total. The molecular formula is C6H7N7. The van der Waals surface area contributed by atoms with E-state index in [1.54, 1.807) is 18.3 Å². The molecule has 7 heteroatoms. The fourth-order valence-corrected chi connectivity index (χ4v) is 0.896. The molecule has 0 saturated heterocycles. The van der Waals surface area contributed by atoms with Crippen molar-refractivity contribution < 1.29 is 0 Å². The number of nitrogens with zero attached hydrogens (tertiary/aromatic N) is 4. The molecule has 0 fully saturated rings. The van der Waals surface area contributed by atoms with Crippen molar-refractivity contribution in [1.82, 2.24) is 25.6 Å². The van der Waals surface area contributed by atoms with Gasteiger partial charge in [0.15, 0.2) is 0 Å². The molecule has 0 aliphatic heterocycles. The number of pyridine rings is 1. The highest BCUT2D eigenvalue weighted by Crippen LogP contribution is 2.12. The number of tetrazole rings is 1. The van der Waals surface area contributed by atoms with Crippen molar-refractivity contribution >= 4 is 5.82 Å². The first-order chi connectivity index (χ1) is 6.40. The quantitative estimate of drug-likeness (QED) is 0.423. The number of aromatic nitrogens is 5. The van der Waals surface area contributed by atoms with Gasteiger partial charge in [0.05, 0.1) is 0 Å². The second kappa shape index (κ2) is 3.15. The summed E-state index contributed by atoms with van der Waals surface area (Å²) in [5, 5.41) is 13.4.